The number of aryl methyl sites for hydroxylation is 2. The Morgan fingerprint density at radius 1 is 1.11 bits per heavy atom. The maximum Gasteiger partial charge on any atom is 0.251 e. The number of guanidine groups is 1. The van der Waals surface area contributed by atoms with Crippen molar-refractivity contribution in [2.45, 2.75) is 46.7 Å². The summed E-state index contributed by atoms with van der Waals surface area (Å²) in [4.78, 5) is 16.4. The summed E-state index contributed by atoms with van der Waals surface area (Å²) in [6.45, 7) is 8.58. The van der Waals surface area contributed by atoms with Crippen molar-refractivity contribution in [3.05, 3.63) is 64.7 Å². The lowest BCUT2D eigenvalue weighted by Gasteiger charge is -2.11. The molecular weight excluding hydrogens is 451 g/mol. The molecule has 27 heavy (non-hydrogen) atoms. The molecule has 146 valence electrons. The number of carbonyl (C=O) groups excluding carboxylic acids is 1. The van der Waals surface area contributed by atoms with E-state index in [0.29, 0.717) is 18.1 Å². The van der Waals surface area contributed by atoms with Crippen LogP contribution in [0.4, 0.5) is 5.69 Å². The normalized spacial score (nSPS) is 12.1. The highest BCUT2D eigenvalue weighted by Crippen LogP contribution is 2.13. The summed E-state index contributed by atoms with van der Waals surface area (Å²) in [5.74, 6) is 0.319. The van der Waals surface area contributed by atoms with Gasteiger partial charge in [-0.2, -0.15) is 0 Å². The lowest BCUT2D eigenvalue weighted by atomic mass is 10.1. The molecule has 2 rings (SSSR count). The van der Waals surface area contributed by atoms with E-state index < -0.39 is 0 Å². The Kier molecular flexibility index (Phi) is 9.28. The van der Waals surface area contributed by atoms with Gasteiger partial charge in [-0.05, 0) is 68.1 Å². The van der Waals surface area contributed by atoms with E-state index in [9.17, 15) is 4.79 Å². The first-order chi connectivity index (χ1) is 12.4. The molecule has 1 atom stereocenters. The number of nitrogens with zero attached hydrogens (tertiary/aromatic N) is 1. The Morgan fingerprint density at radius 3 is 2.26 bits per heavy atom. The monoisotopic (exact) mass is 480 g/mol. The van der Waals surface area contributed by atoms with Crippen molar-refractivity contribution < 1.29 is 4.79 Å². The minimum Gasteiger partial charge on any atom is -0.370 e. The van der Waals surface area contributed by atoms with Crippen LogP contribution in [-0.2, 0) is 6.54 Å². The van der Waals surface area contributed by atoms with Gasteiger partial charge < -0.3 is 16.4 Å². The highest BCUT2D eigenvalue weighted by Gasteiger charge is 2.08. The molecule has 0 saturated carbocycles. The molecule has 0 aliphatic rings. The van der Waals surface area contributed by atoms with Gasteiger partial charge in [0, 0.05) is 17.3 Å². The molecule has 0 radical (unpaired) electrons. The molecule has 4 N–H and O–H groups in total. The van der Waals surface area contributed by atoms with Crippen LogP contribution in [0, 0.1) is 13.8 Å². The average molecular weight is 480 g/mol. The third kappa shape index (κ3) is 7.58. The molecular formula is C21H29IN4O. The van der Waals surface area contributed by atoms with Crippen LogP contribution in [0.2, 0.25) is 0 Å². The van der Waals surface area contributed by atoms with Crippen LogP contribution in [0.5, 0.6) is 0 Å². The summed E-state index contributed by atoms with van der Waals surface area (Å²) in [7, 11) is 0. The van der Waals surface area contributed by atoms with Crippen molar-refractivity contribution in [1.82, 2.24) is 5.32 Å². The Labute approximate surface area is 178 Å². The second-order valence-electron chi connectivity index (χ2n) is 6.68. The third-order valence-corrected chi connectivity index (χ3v) is 4.13. The SMILES string of the molecule is CCC(C)NC(=O)c1ccc(CN=C(N)Nc2cc(C)cc(C)c2)cc1.I. The molecule has 0 heterocycles. The van der Waals surface area contributed by atoms with E-state index >= 15 is 0 Å². The topological polar surface area (TPSA) is 79.5 Å². The van der Waals surface area contributed by atoms with Gasteiger partial charge in [0.25, 0.3) is 5.91 Å². The minimum atomic E-state index is -0.0506. The molecule has 1 amide bonds. The Balaban J connectivity index is 0.00000364. The zero-order valence-electron chi connectivity index (χ0n) is 16.4. The second-order valence-corrected chi connectivity index (χ2v) is 6.68. The molecule has 0 aliphatic carbocycles. The van der Waals surface area contributed by atoms with Gasteiger partial charge >= 0.3 is 0 Å². The van der Waals surface area contributed by atoms with Crippen LogP contribution >= 0.6 is 24.0 Å². The van der Waals surface area contributed by atoms with Gasteiger partial charge in [0.2, 0.25) is 0 Å². The molecule has 5 nitrogen and oxygen atoms in total. The van der Waals surface area contributed by atoms with E-state index in [2.05, 4.69) is 21.7 Å². The number of hydrogen-bond acceptors (Lipinski definition) is 2. The van der Waals surface area contributed by atoms with Gasteiger partial charge in [0.05, 0.1) is 6.54 Å². The summed E-state index contributed by atoms with van der Waals surface area (Å²) in [6, 6.07) is 13.8. The first-order valence-electron chi connectivity index (χ1n) is 8.92. The number of carbonyl (C=O) groups is 1. The van der Waals surface area contributed by atoms with Gasteiger partial charge in [-0.1, -0.05) is 25.1 Å². The molecule has 0 fully saturated rings. The maximum atomic E-state index is 12.1. The number of nitrogens with one attached hydrogen (secondary N) is 2. The largest absolute Gasteiger partial charge is 0.370 e. The quantitative estimate of drug-likeness (QED) is 0.326. The van der Waals surface area contributed by atoms with Crippen LogP contribution in [0.25, 0.3) is 0 Å². The lowest BCUT2D eigenvalue weighted by molar-refractivity contribution is 0.0939. The van der Waals surface area contributed by atoms with Crippen molar-refractivity contribution in [3.63, 3.8) is 0 Å². The molecule has 2 aromatic carbocycles. The van der Waals surface area contributed by atoms with E-state index in [1.54, 1.807) is 0 Å². The molecule has 1 unspecified atom stereocenters. The number of benzene rings is 2. The maximum absolute atomic E-state index is 12.1. The van der Waals surface area contributed by atoms with E-state index in [1.165, 1.54) is 11.1 Å². The molecule has 0 aromatic heterocycles. The molecule has 6 heteroatoms. The average Bonchev–Trinajstić information content (AvgIpc) is 2.59. The zero-order chi connectivity index (χ0) is 19.1. The van der Waals surface area contributed by atoms with Gasteiger partial charge in [-0.25, -0.2) is 4.99 Å². The summed E-state index contributed by atoms with van der Waals surface area (Å²) < 4.78 is 0. The predicted molar refractivity (Wildman–Crippen MR) is 124 cm³/mol. The fourth-order valence-corrected chi connectivity index (χ4v) is 2.58. The van der Waals surface area contributed by atoms with Crippen molar-refractivity contribution in [2.75, 3.05) is 5.32 Å². The number of anilines is 1. The first kappa shape index (κ1) is 23.0. The highest BCUT2D eigenvalue weighted by atomic mass is 127. The van der Waals surface area contributed by atoms with Crippen molar-refractivity contribution in [1.29, 1.82) is 0 Å². The highest BCUT2D eigenvalue weighted by molar-refractivity contribution is 14.0. The standard InChI is InChI=1S/C21H28N4O.HI/c1-5-16(4)24-20(26)18-8-6-17(7-9-18)13-23-21(22)25-19-11-14(2)10-15(3)12-19;/h6-12,16H,5,13H2,1-4H3,(H,24,26)(H3,22,23,25);1H. The fraction of sp³-hybridized carbons (Fsp3) is 0.333. The summed E-state index contributed by atoms with van der Waals surface area (Å²) in [5, 5.41) is 6.07. The Hall–Kier alpha value is -2.09. The third-order valence-electron chi connectivity index (χ3n) is 4.13. The number of rotatable bonds is 6. The number of amides is 1. The number of halogens is 1. The van der Waals surface area contributed by atoms with Crippen LogP contribution in [-0.4, -0.2) is 17.9 Å². The van der Waals surface area contributed by atoms with E-state index in [1.807, 2.05) is 64.1 Å². The van der Waals surface area contributed by atoms with Crippen LogP contribution in [0.3, 0.4) is 0 Å². The van der Waals surface area contributed by atoms with Crippen LogP contribution in [0.1, 0.15) is 47.3 Å². The van der Waals surface area contributed by atoms with E-state index in [-0.39, 0.29) is 35.9 Å². The lowest BCUT2D eigenvalue weighted by Crippen LogP contribution is -2.31. The number of aliphatic imine (C=N–C) groups is 1. The van der Waals surface area contributed by atoms with E-state index in [4.69, 9.17) is 5.73 Å². The molecule has 0 saturated heterocycles. The number of nitrogens with two attached hydrogens (primary N) is 1. The zero-order valence-corrected chi connectivity index (χ0v) is 18.7. The van der Waals surface area contributed by atoms with Crippen molar-refractivity contribution in [3.8, 4) is 0 Å². The van der Waals surface area contributed by atoms with Crippen LogP contribution < -0.4 is 16.4 Å². The minimum absolute atomic E-state index is 0. The van der Waals surface area contributed by atoms with Crippen molar-refractivity contribution >= 4 is 41.5 Å². The molecule has 2 aromatic rings. The van der Waals surface area contributed by atoms with E-state index in [0.717, 1.165) is 17.7 Å². The molecule has 0 spiro atoms. The van der Waals surface area contributed by atoms with Gasteiger partial charge in [0.15, 0.2) is 5.96 Å². The predicted octanol–water partition coefficient (Wildman–Crippen LogP) is 4.38. The fourth-order valence-electron chi connectivity index (χ4n) is 2.58. The molecule has 0 bridgehead atoms. The second kappa shape index (κ2) is 10.9. The summed E-state index contributed by atoms with van der Waals surface area (Å²) in [5.41, 5.74) is 10.9. The molecule has 0 aliphatic heterocycles. The first-order valence-corrected chi connectivity index (χ1v) is 8.92. The smallest absolute Gasteiger partial charge is 0.251 e. The van der Waals surface area contributed by atoms with Gasteiger partial charge in [-0.3, -0.25) is 4.79 Å². The van der Waals surface area contributed by atoms with Crippen LogP contribution in [0.15, 0.2) is 47.5 Å². The summed E-state index contributed by atoms with van der Waals surface area (Å²) >= 11 is 0. The Bertz CT molecular complexity index is 767. The number of hydrogen-bond donors (Lipinski definition) is 3. The van der Waals surface area contributed by atoms with Gasteiger partial charge in [0.1, 0.15) is 0 Å². The Morgan fingerprint density at radius 2 is 1.70 bits per heavy atom. The summed E-state index contributed by atoms with van der Waals surface area (Å²) in [6.07, 6.45) is 0.908. The van der Waals surface area contributed by atoms with Crippen molar-refractivity contribution in [2.24, 2.45) is 10.7 Å². The van der Waals surface area contributed by atoms with Gasteiger partial charge in [-0.15, -0.1) is 24.0 Å².